The molecule has 0 radical (unpaired) electrons. The molecule has 76 valence electrons. The average molecular weight is 198 g/mol. The van der Waals surface area contributed by atoms with Crippen molar-refractivity contribution in [3.8, 4) is 11.3 Å². The van der Waals surface area contributed by atoms with E-state index < -0.39 is 0 Å². The molecule has 1 aromatic heterocycles. The lowest BCUT2D eigenvalue weighted by Gasteiger charge is -2.07. The molecule has 2 rings (SSSR count). The van der Waals surface area contributed by atoms with Gasteiger partial charge in [0.05, 0.1) is 5.69 Å². The van der Waals surface area contributed by atoms with Crippen molar-refractivity contribution in [3.63, 3.8) is 0 Å². The largest absolute Gasteiger partial charge is 0.324 e. The molecule has 1 heterocycles. The number of hydrogen-bond acceptors (Lipinski definition) is 2. The predicted octanol–water partition coefficient (Wildman–Crippen LogP) is 2.77. The first-order chi connectivity index (χ1) is 7.27. The molecule has 2 nitrogen and oxygen atoms in total. The first-order valence-electron chi connectivity index (χ1n) is 5.04. The standard InChI is InChI=1S/C13H14N2/c1-10(14)11-5-4-6-12(9-11)13-7-2-3-8-15-13/h2-10H,14H2,1H3/t10-/m1/s1. The van der Waals surface area contributed by atoms with Crippen LogP contribution in [0.5, 0.6) is 0 Å². The lowest BCUT2D eigenvalue weighted by Crippen LogP contribution is -2.04. The van der Waals surface area contributed by atoms with Gasteiger partial charge in [-0.3, -0.25) is 4.98 Å². The van der Waals surface area contributed by atoms with Crippen molar-refractivity contribution in [2.45, 2.75) is 13.0 Å². The van der Waals surface area contributed by atoms with Gasteiger partial charge in [-0.2, -0.15) is 0 Å². The number of nitrogens with zero attached hydrogens (tertiary/aromatic N) is 1. The number of pyridine rings is 1. The second kappa shape index (κ2) is 4.24. The van der Waals surface area contributed by atoms with Crippen molar-refractivity contribution in [1.82, 2.24) is 4.98 Å². The smallest absolute Gasteiger partial charge is 0.0702 e. The van der Waals surface area contributed by atoms with Crippen LogP contribution in [-0.4, -0.2) is 4.98 Å². The van der Waals surface area contributed by atoms with Crippen molar-refractivity contribution < 1.29 is 0 Å². The van der Waals surface area contributed by atoms with Gasteiger partial charge in [-0.15, -0.1) is 0 Å². The van der Waals surface area contributed by atoms with Gasteiger partial charge in [0.25, 0.3) is 0 Å². The Kier molecular flexibility index (Phi) is 2.79. The van der Waals surface area contributed by atoms with E-state index in [0.29, 0.717) is 0 Å². The van der Waals surface area contributed by atoms with E-state index in [9.17, 15) is 0 Å². The summed E-state index contributed by atoms with van der Waals surface area (Å²) in [6.45, 7) is 1.98. The van der Waals surface area contributed by atoms with Crippen LogP contribution in [-0.2, 0) is 0 Å². The molecule has 0 spiro atoms. The van der Waals surface area contributed by atoms with E-state index in [1.54, 1.807) is 6.20 Å². The quantitative estimate of drug-likeness (QED) is 0.805. The minimum atomic E-state index is 0.0636. The Labute approximate surface area is 89.8 Å². The Morgan fingerprint density at radius 2 is 2.00 bits per heavy atom. The van der Waals surface area contributed by atoms with Gasteiger partial charge in [-0.05, 0) is 30.7 Å². The molecule has 2 N–H and O–H groups in total. The van der Waals surface area contributed by atoms with E-state index in [-0.39, 0.29) is 6.04 Å². The molecule has 0 saturated carbocycles. The normalized spacial score (nSPS) is 12.4. The fourth-order valence-electron chi connectivity index (χ4n) is 1.51. The van der Waals surface area contributed by atoms with Gasteiger partial charge < -0.3 is 5.73 Å². The zero-order valence-electron chi connectivity index (χ0n) is 8.72. The molecular formula is C13H14N2. The molecule has 2 aromatic rings. The van der Waals surface area contributed by atoms with Gasteiger partial charge in [0.1, 0.15) is 0 Å². The Morgan fingerprint density at radius 1 is 1.13 bits per heavy atom. The highest BCUT2D eigenvalue weighted by Crippen LogP contribution is 2.20. The Morgan fingerprint density at radius 3 is 2.67 bits per heavy atom. The number of rotatable bonds is 2. The zero-order valence-corrected chi connectivity index (χ0v) is 8.72. The first-order valence-corrected chi connectivity index (χ1v) is 5.04. The van der Waals surface area contributed by atoms with Crippen LogP contribution in [0.3, 0.4) is 0 Å². The average Bonchev–Trinajstić information content (AvgIpc) is 2.30. The first kappa shape index (κ1) is 9.87. The molecule has 0 saturated heterocycles. The SMILES string of the molecule is C[C@@H](N)c1cccc(-c2ccccn2)c1. The van der Waals surface area contributed by atoms with Crippen LogP contribution < -0.4 is 5.73 Å². The highest BCUT2D eigenvalue weighted by Gasteiger charge is 2.02. The van der Waals surface area contributed by atoms with E-state index in [1.807, 2.05) is 43.3 Å². The summed E-state index contributed by atoms with van der Waals surface area (Å²) in [5.74, 6) is 0. The van der Waals surface area contributed by atoms with Gasteiger partial charge >= 0.3 is 0 Å². The van der Waals surface area contributed by atoms with Crippen LogP contribution in [0.25, 0.3) is 11.3 Å². The summed E-state index contributed by atoms with van der Waals surface area (Å²) in [4.78, 5) is 4.31. The molecular weight excluding hydrogens is 184 g/mol. The molecule has 0 aliphatic carbocycles. The zero-order chi connectivity index (χ0) is 10.7. The lowest BCUT2D eigenvalue weighted by molar-refractivity contribution is 0.818. The van der Waals surface area contributed by atoms with E-state index in [0.717, 1.165) is 16.8 Å². The maximum absolute atomic E-state index is 5.84. The van der Waals surface area contributed by atoms with Crippen molar-refractivity contribution in [1.29, 1.82) is 0 Å². The van der Waals surface area contributed by atoms with Gasteiger partial charge in [-0.1, -0.05) is 24.3 Å². The summed E-state index contributed by atoms with van der Waals surface area (Å²) < 4.78 is 0. The Bertz CT molecular complexity index is 435. The summed E-state index contributed by atoms with van der Waals surface area (Å²) in [7, 11) is 0. The van der Waals surface area contributed by atoms with Crippen LogP contribution in [0.2, 0.25) is 0 Å². The summed E-state index contributed by atoms with van der Waals surface area (Å²) in [5, 5.41) is 0. The third-order valence-corrected chi connectivity index (χ3v) is 2.37. The van der Waals surface area contributed by atoms with Crippen LogP contribution in [0.1, 0.15) is 18.5 Å². The fraction of sp³-hybridized carbons (Fsp3) is 0.154. The maximum atomic E-state index is 5.84. The Hall–Kier alpha value is -1.67. The van der Waals surface area contributed by atoms with E-state index in [2.05, 4.69) is 11.1 Å². The monoisotopic (exact) mass is 198 g/mol. The molecule has 0 amide bonds. The van der Waals surface area contributed by atoms with Crippen molar-refractivity contribution >= 4 is 0 Å². The van der Waals surface area contributed by atoms with Crippen LogP contribution in [0.4, 0.5) is 0 Å². The van der Waals surface area contributed by atoms with Gasteiger partial charge in [0, 0.05) is 17.8 Å². The van der Waals surface area contributed by atoms with E-state index in [4.69, 9.17) is 5.73 Å². The van der Waals surface area contributed by atoms with Crippen LogP contribution in [0, 0.1) is 0 Å². The minimum absolute atomic E-state index is 0.0636. The second-order valence-corrected chi connectivity index (χ2v) is 3.63. The predicted molar refractivity (Wildman–Crippen MR) is 62.3 cm³/mol. The number of hydrogen-bond donors (Lipinski definition) is 1. The minimum Gasteiger partial charge on any atom is -0.324 e. The molecule has 2 heteroatoms. The summed E-state index contributed by atoms with van der Waals surface area (Å²) in [5.41, 5.74) is 9.08. The molecule has 0 bridgehead atoms. The number of nitrogens with two attached hydrogens (primary N) is 1. The highest BCUT2D eigenvalue weighted by molar-refractivity contribution is 5.59. The lowest BCUT2D eigenvalue weighted by atomic mass is 10.0. The third kappa shape index (κ3) is 2.22. The summed E-state index contributed by atoms with van der Waals surface area (Å²) >= 11 is 0. The van der Waals surface area contributed by atoms with Crippen molar-refractivity contribution in [2.24, 2.45) is 5.73 Å². The van der Waals surface area contributed by atoms with Gasteiger partial charge in [-0.25, -0.2) is 0 Å². The van der Waals surface area contributed by atoms with E-state index >= 15 is 0 Å². The van der Waals surface area contributed by atoms with Crippen molar-refractivity contribution in [2.75, 3.05) is 0 Å². The highest BCUT2D eigenvalue weighted by atomic mass is 14.7. The molecule has 0 aliphatic heterocycles. The van der Waals surface area contributed by atoms with Gasteiger partial charge in [0.2, 0.25) is 0 Å². The molecule has 0 unspecified atom stereocenters. The molecule has 15 heavy (non-hydrogen) atoms. The van der Waals surface area contributed by atoms with E-state index in [1.165, 1.54) is 0 Å². The molecule has 0 aliphatic rings. The number of benzene rings is 1. The second-order valence-electron chi connectivity index (χ2n) is 3.63. The topological polar surface area (TPSA) is 38.9 Å². The summed E-state index contributed by atoms with van der Waals surface area (Å²) in [6, 6.07) is 14.2. The number of aromatic nitrogens is 1. The third-order valence-electron chi connectivity index (χ3n) is 2.37. The molecule has 0 fully saturated rings. The summed E-state index contributed by atoms with van der Waals surface area (Å²) in [6.07, 6.45) is 1.80. The van der Waals surface area contributed by atoms with Crippen molar-refractivity contribution in [3.05, 3.63) is 54.2 Å². The van der Waals surface area contributed by atoms with Crippen LogP contribution in [0.15, 0.2) is 48.7 Å². The van der Waals surface area contributed by atoms with Gasteiger partial charge in [0.15, 0.2) is 0 Å². The molecule has 1 aromatic carbocycles. The maximum Gasteiger partial charge on any atom is 0.0702 e. The Balaban J connectivity index is 2.42. The van der Waals surface area contributed by atoms with Crippen LogP contribution >= 0.6 is 0 Å². The molecule has 1 atom stereocenters. The fourth-order valence-corrected chi connectivity index (χ4v) is 1.51.